The molecule has 1 unspecified atom stereocenters. The first-order valence-electron chi connectivity index (χ1n) is 6.75. The van der Waals surface area contributed by atoms with Crippen molar-refractivity contribution in [3.8, 4) is 0 Å². The molecule has 21 heavy (non-hydrogen) atoms. The Morgan fingerprint density at radius 3 is 1.76 bits per heavy atom. The van der Waals surface area contributed by atoms with Gasteiger partial charge in [-0.25, -0.2) is 22.0 Å². The maximum atomic E-state index is 13.6. The second kappa shape index (κ2) is 6.87. The summed E-state index contributed by atoms with van der Waals surface area (Å²) >= 11 is 0. The summed E-state index contributed by atoms with van der Waals surface area (Å²) in [5.74, 6) is -9.63. The Labute approximate surface area is 122 Å². The van der Waals surface area contributed by atoms with Crippen LogP contribution >= 0.6 is 0 Å². The van der Waals surface area contributed by atoms with Gasteiger partial charge in [0, 0.05) is 12.2 Å². The van der Waals surface area contributed by atoms with Crippen molar-refractivity contribution in [1.82, 2.24) is 0 Å². The molecule has 0 saturated heterocycles. The fourth-order valence-corrected chi connectivity index (χ4v) is 5.26. The number of hydrogen-bond donors (Lipinski definition) is 0. The number of rotatable bonds is 6. The predicted molar refractivity (Wildman–Crippen MR) is 73.0 cm³/mol. The van der Waals surface area contributed by atoms with Gasteiger partial charge in [0.25, 0.3) is 0 Å². The molecule has 0 radical (unpaired) electrons. The Morgan fingerprint density at radius 1 is 0.905 bits per heavy atom. The molecular formula is C14H19F5OSi. The van der Waals surface area contributed by atoms with Crippen LogP contribution in [0.25, 0.3) is 0 Å². The van der Waals surface area contributed by atoms with Gasteiger partial charge in [-0.2, -0.15) is 0 Å². The second-order valence-electron chi connectivity index (χ2n) is 5.75. The minimum Gasteiger partial charge on any atom is -0.418 e. The molecule has 7 heteroatoms. The van der Waals surface area contributed by atoms with Crippen LogP contribution in [0.3, 0.4) is 0 Å². The fourth-order valence-electron chi connectivity index (χ4n) is 2.54. The molecule has 1 nitrogen and oxygen atoms in total. The third-order valence-electron chi connectivity index (χ3n) is 3.23. The van der Waals surface area contributed by atoms with Crippen LogP contribution in [0.5, 0.6) is 0 Å². The van der Waals surface area contributed by atoms with Gasteiger partial charge in [-0.1, -0.05) is 6.92 Å². The minimum atomic E-state index is -2.12. The summed E-state index contributed by atoms with van der Waals surface area (Å²) < 4.78 is 72.0. The molecule has 1 atom stereocenters. The van der Waals surface area contributed by atoms with Crippen molar-refractivity contribution in [2.45, 2.75) is 39.4 Å². The van der Waals surface area contributed by atoms with Gasteiger partial charge < -0.3 is 4.43 Å². The summed E-state index contributed by atoms with van der Waals surface area (Å²) in [5, 5.41) is 0. The molecule has 1 aromatic rings. The van der Waals surface area contributed by atoms with Crippen molar-refractivity contribution in [2.75, 3.05) is 6.61 Å². The van der Waals surface area contributed by atoms with E-state index in [0.717, 1.165) is 0 Å². The van der Waals surface area contributed by atoms with E-state index in [-0.39, 0.29) is 12.3 Å². The molecule has 0 aromatic heterocycles. The molecule has 0 bridgehead atoms. The highest BCUT2D eigenvalue weighted by atomic mass is 28.4. The number of halogens is 5. The summed E-state index contributed by atoms with van der Waals surface area (Å²) in [5.41, 5.74) is -0.750. The summed E-state index contributed by atoms with van der Waals surface area (Å²) in [7, 11) is -2.00. The summed E-state index contributed by atoms with van der Waals surface area (Å²) in [6.45, 7) is 8.00. The van der Waals surface area contributed by atoms with E-state index in [0.29, 0.717) is 12.7 Å². The zero-order valence-corrected chi connectivity index (χ0v) is 13.5. The zero-order chi connectivity index (χ0) is 16.4. The van der Waals surface area contributed by atoms with Crippen molar-refractivity contribution < 1.29 is 26.4 Å². The Kier molecular flexibility index (Phi) is 5.92. The Morgan fingerprint density at radius 2 is 1.33 bits per heavy atom. The van der Waals surface area contributed by atoms with Gasteiger partial charge in [-0.05, 0) is 38.4 Å². The van der Waals surface area contributed by atoms with Crippen LogP contribution in [0.15, 0.2) is 0 Å². The highest BCUT2D eigenvalue weighted by Gasteiger charge is 2.29. The molecule has 1 aromatic carbocycles. The number of benzene rings is 1. The van der Waals surface area contributed by atoms with Crippen molar-refractivity contribution in [1.29, 1.82) is 0 Å². The Bertz CT molecular complexity index is 490. The molecule has 0 spiro atoms. The van der Waals surface area contributed by atoms with Crippen molar-refractivity contribution in [3.05, 3.63) is 34.6 Å². The Hall–Kier alpha value is -0.953. The van der Waals surface area contributed by atoms with Crippen LogP contribution in [0.2, 0.25) is 19.1 Å². The molecule has 0 amide bonds. The average molecular weight is 326 g/mol. The quantitative estimate of drug-likeness (QED) is 0.316. The molecule has 0 N–H and O–H groups in total. The van der Waals surface area contributed by atoms with E-state index in [1.807, 2.05) is 20.0 Å². The van der Waals surface area contributed by atoms with E-state index < -0.39 is 43.0 Å². The highest BCUT2D eigenvalue weighted by Crippen LogP contribution is 2.28. The molecule has 0 heterocycles. The van der Waals surface area contributed by atoms with E-state index in [1.54, 1.807) is 6.92 Å². The van der Waals surface area contributed by atoms with Crippen LogP contribution < -0.4 is 0 Å². The van der Waals surface area contributed by atoms with E-state index in [2.05, 4.69) is 0 Å². The van der Waals surface area contributed by atoms with E-state index in [1.165, 1.54) is 0 Å². The largest absolute Gasteiger partial charge is 0.418 e. The lowest BCUT2D eigenvalue weighted by Crippen LogP contribution is -2.33. The van der Waals surface area contributed by atoms with Gasteiger partial charge in [0.15, 0.2) is 31.6 Å². The maximum Gasteiger partial charge on any atom is 0.200 e. The first-order chi connectivity index (χ1) is 9.60. The zero-order valence-electron chi connectivity index (χ0n) is 12.5. The van der Waals surface area contributed by atoms with Crippen LogP contribution in [-0.2, 0) is 10.8 Å². The van der Waals surface area contributed by atoms with Gasteiger partial charge in [0.1, 0.15) is 0 Å². The molecule has 0 aliphatic carbocycles. The molecule has 1 rings (SSSR count). The lowest BCUT2D eigenvalue weighted by molar-refractivity contribution is 0.321. The lowest BCUT2D eigenvalue weighted by atomic mass is 10.0. The predicted octanol–water partition coefficient (Wildman–Crippen LogP) is 4.80. The summed E-state index contributed by atoms with van der Waals surface area (Å²) in [6.07, 6.45) is -0.213. The first kappa shape index (κ1) is 18.1. The maximum absolute atomic E-state index is 13.6. The van der Waals surface area contributed by atoms with Gasteiger partial charge in [-0.15, -0.1) is 0 Å². The second-order valence-corrected chi connectivity index (χ2v) is 9.97. The SMILES string of the molecule is CCO[Si](C)(C)CC(C)Cc1c(F)c(F)c(F)c(F)c1F. The topological polar surface area (TPSA) is 9.23 Å². The van der Waals surface area contributed by atoms with Gasteiger partial charge in [0.05, 0.1) is 0 Å². The highest BCUT2D eigenvalue weighted by molar-refractivity contribution is 6.71. The van der Waals surface area contributed by atoms with Crippen molar-refractivity contribution in [2.24, 2.45) is 5.92 Å². The third-order valence-corrected chi connectivity index (χ3v) is 5.98. The van der Waals surface area contributed by atoms with E-state index >= 15 is 0 Å². The third kappa shape index (κ3) is 4.26. The van der Waals surface area contributed by atoms with E-state index in [9.17, 15) is 22.0 Å². The van der Waals surface area contributed by atoms with Crippen LogP contribution in [0, 0.1) is 35.0 Å². The van der Waals surface area contributed by atoms with E-state index in [4.69, 9.17) is 4.43 Å². The standard InChI is InChI=1S/C14H19F5OSi/c1-5-20-21(3,4)7-8(2)6-9-10(15)12(17)14(19)13(18)11(9)16/h8H,5-7H2,1-4H3. The van der Waals surface area contributed by atoms with Crippen LogP contribution in [-0.4, -0.2) is 14.9 Å². The normalized spacial score (nSPS) is 13.6. The molecular weight excluding hydrogens is 307 g/mol. The summed E-state index contributed by atoms with van der Waals surface area (Å²) in [4.78, 5) is 0. The smallest absolute Gasteiger partial charge is 0.200 e. The minimum absolute atomic E-state index is 0.213. The first-order valence-corrected chi connectivity index (χ1v) is 9.86. The summed E-state index contributed by atoms with van der Waals surface area (Å²) in [6, 6.07) is 0.570. The van der Waals surface area contributed by atoms with Crippen molar-refractivity contribution in [3.63, 3.8) is 0 Å². The van der Waals surface area contributed by atoms with Crippen LogP contribution in [0.1, 0.15) is 19.4 Å². The molecule has 120 valence electrons. The Balaban J connectivity index is 2.99. The van der Waals surface area contributed by atoms with Crippen molar-refractivity contribution >= 4 is 8.32 Å². The van der Waals surface area contributed by atoms with Gasteiger partial charge in [0.2, 0.25) is 5.82 Å². The average Bonchev–Trinajstić information content (AvgIpc) is 2.38. The lowest BCUT2D eigenvalue weighted by Gasteiger charge is -2.25. The molecule has 0 aliphatic rings. The molecule has 0 fully saturated rings. The van der Waals surface area contributed by atoms with Gasteiger partial charge in [-0.3, -0.25) is 0 Å². The monoisotopic (exact) mass is 326 g/mol. The molecule has 0 saturated carbocycles. The van der Waals surface area contributed by atoms with Crippen LogP contribution in [0.4, 0.5) is 22.0 Å². The fraction of sp³-hybridized carbons (Fsp3) is 0.571. The molecule has 0 aliphatic heterocycles. The number of hydrogen-bond acceptors (Lipinski definition) is 1. The van der Waals surface area contributed by atoms with Gasteiger partial charge >= 0.3 is 0 Å².